The third-order valence-corrected chi connectivity index (χ3v) is 4.14. The lowest BCUT2D eigenvalue weighted by Crippen LogP contribution is -2.31. The number of nitrogens with two attached hydrogens (primary N) is 1. The van der Waals surface area contributed by atoms with Gasteiger partial charge in [-0.15, -0.1) is 0 Å². The minimum atomic E-state index is 0.0297. The van der Waals surface area contributed by atoms with Crippen molar-refractivity contribution in [3.63, 3.8) is 0 Å². The van der Waals surface area contributed by atoms with Crippen molar-refractivity contribution in [2.45, 2.75) is 64.1 Å². The zero-order chi connectivity index (χ0) is 14.4. The first kappa shape index (κ1) is 15.8. The number of nitrogens with one attached hydrogen (secondary N) is 1. The van der Waals surface area contributed by atoms with Gasteiger partial charge in [-0.2, -0.15) is 5.10 Å². The quantitative estimate of drug-likeness (QED) is 0.600. The van der Waals surface area contributed by atoms with Gasteiger partial charge in [-0.3, -0.25) is 16.0 Å². The molecule has 1 aromatic heterocycles. The molecule has 0 radical (unpaired) electrons. The van der Waals surface area contributed by atoms with Crippen LogP contribution in [-0.2, 0) is 11.3 Å². The first-order valence-electron chi connectivity index (χ1n) is 7.55. The van der Waals surface area contributed by atoms with Gasteiger partial charge in [-0.25, -0.2) is 0 Å². The Balaban J connectivity index is 1.98. The fourth-order valence-corrected chi connectivity index (χ4v) is 3.07. The number of nitrogens with zero attached hydrogens (tertiary/aromatic N) is 2. The molecule has 1 aromatic rings. The van der Waals surface area contributed by atoms with Gasteiger partial charge in [0.15, 0.2) is 0 Å². The third kappa shape index (κ3) is 3.95. The molecular weight excluding hydrogens is 276 g/mol. The number of aryl methyl sites for hydroxylation is 1. The number of hydrazine groups is 1. The van der Waals surface area contributed by atoms with Crippen LogP contribution in [0.5, 0.6) is 0 Å². The van der Waals surface area contributed by atoms with E-state index in [2.05, 4.69) is 17.4 Å². The summed E-state index contributed by atoms with van der Waals surface area (Å²) in [6.07, 6.45) is 8.60. The van der Waals surface area contributed by atoms with E-state index < -0.39 is 0 Å². The molecule has 1 fully saturated rings. The van der Waals surface area contributed by atoms with Crippen LogP contribution in [0.25, 0.3) is 0 Å². The summed E-state index contributed by atoms with van der Waals surface area (Å²) in [4.78, 5) is 0. The Morgan fingerprint density at radius 2 is 2.45 bits per heavy atom. The van der Waals surface area contributed by atoms with Gasteiger partial charge in [0.1, 0.15) is 0 Å². The van der Waals surface area contributed by atoms with Crippen molar-refractivity contribution in [3.05, 3.63) is 16.9 Å². The Morgan fingerprint density at radius 3 is 3.10 bits per heavy atom. The van der Waals surface area contributed by atoms with E-state index in [1.807, 2.05) is 4.68 Å². The van der Waals surface area contributed by atoms with E-state index in [1.165, 1.54) is 12.8 Å². The topological polar surface area (TPSA) is 65.1 Å². The van der Waals surface area contributed by atoms with Crippen molar-refractivity contribution in [2.24, 2.45) is 5.84 Å². The molecule has 114 valence electrons. The molecule has 2 rings (SSSR count). The minimum absolute atomic E-state index is 0.0297. The first-order chi connectivity index (χ1) is 9.76. The van der Waals surface area contributed by atoms with Crippen LogP contribution >= 0.6 is 11.6 Å². The molecule has 1 aliphatic heterocycles. The summed E-state index contributed by atoms with van der Waals surface area (Å²) >= 11 is 6.27. The Labute approximate surface area is 125 Å². The van der Waals surface area contributed by atoms with E-state index in [-0.39, 0.29) is 6.04 Å². The first-order valence-corrected chi connectivity index (χ1v) is 7.93. The summed E-state index contributed by atoms with van der Waals surface area (Å²) < 4.78 is 7.73. The molecule has 0 aromatic carbocycles. The van der Waals surface area contributed by atoms with E-state index in [9.17, 15) is 0 Å². The second kappa shape index (κ2) is 7.98. The summed E-state index contributed by atoms with van der Waals surface area (Å²) in [7, 11) is 0. The minimum Gasteiger partial charge on any atom is -0.378 e. The second-order valence-electron chi connectivity index (χ2n) is 5.39. The molecule has 2 heterocycles. The van der Waals surface area contributed by atoms with E-state index in [0.29, 0.717) is 11.1 Å². The molecule has 3 N–H and O–H groups in total. The largest absolute Gasteiger partial charge is 0.378 e. The Hall–Kier alpha value is -0.620. The summed E-state index contributed by atoms with van der Waals surface area (Å²) in [6.45, 7) is 3.88. The van der Waals surface area contributed by atoms with Gasteiger partial charge >= 0.3 is 0 Å². The lowest BCUT2D eigenvalue weighted by atomic mass is 10.0. The molecule has 0 spiro atoms. The third-order valence-electron chi connectivity index (χ3n) is 3.85. The maximum Gasteiger partial charge on any atom is 0.0834 e. The highest BCUT2D eigenvalue weighted by Gasteiger charge is 2.22. The zero-order valence-corrected chi connectivity index (χ0v) is 12.9. The van der Waals surface area contributed by atoms with Crippen LogP contribution in [0, 0.1) is 0 Å². The maximum atomic E-state index is 6.27. The van der Waals surface area contributed by atoms with Crippen molar-refractivity contribution < 1.29 is 4.74 Å². The van der Waals surface area contributed by atoms with Gasteiger partial charge in [-0.1, -0.05) is 18.5 Å². The van der Waals surface area contributed by atoms with Crippen LogP contribution in [0.3, 0.4) is 0 Å². The molecule has 20 heavy (non-hydrogen) atoms. The molecule has 0 aliphatic carbocycles. The summed E-state index contributed by atoms with van der Waals surface area (Å²) in [6, 6.07) is 0.0297. The molecule has 0 saturated carbocycles. The highest BCUT2D eigenvalue weighted by Crippen LogP contribution is 2.28. The van der Waals surface area contributed by atoms with Crippen molar-refractivity contribution in [2.75, 3.05) is 6.61 Å². The zero-order valence-electron chi connectivity index (χ0n) is 12.1. The molecule has 0 amide bonds. The van der Waals surface area contributed by atoms with Gasteiger partial charge in [-0.05, 0) is 38.5 Å². The Morgan fingerprint density at radius 1 is 1.60 bits per heavy atom. The van der Waals surface area contributed by atoms with E-state index in [4.69, 9.17) is 22.2 Å². The van der Waals surface area contributed by atoms with Crippen molar-refractivity contribution >= 4 is 11.6 Å². The molecule has 5 nitrogen and oxygen atoms in total. The predicted octanol–water partition coefficient (Wildman–Crippen LogP) is 2.80. The highest BCUT2D eigenvalue weighted by atomic mass is 35.5. The normalized spacial score (nSPS) is 21.1. The molecular formula is C14H25ClN4O. The molecule has 6 heteroatoms. The van der Waals surface area contributed by atoms with Crippen molar-refractivity contribution in [1.29, 1.82) is 0 Å². The Kier molecular flexibility index (Phi) is 6.29. The van der Waals surface area contributed by atoms with Crippen LogP contribution in [0.2, 0.25) is 5.02 Å². The maximum absolute atomic E-state index is 6.27. The van der Waals surface area contributed by atoms with E-state index >= 15 is 0 Å². The number of hydrogen-bond acceptors (Lipinski definition) is 4. The average molecular weight is 301 g/mol. The summed E-state index contributed by atoms with van der Waals surface area (Å²) in [5, 5.41) is 5.01. The van der Waals surface area contributed by atoms with Crippen LogP contribution in [-0.4, -0.2) is 22.5 Å². The van der Waals surface area contributed by atoms with Crippen molar-refractivity contribution in [1.82, 2.24) is 15.2 Å². The molecule has 0 bridgehead atoms. The van der Waals surface area contributed by atoms with Gasteiger partial charge in [0.25, 0.3) is 0 Å². The van der Waals surface area contributed by atoms with Crippen LogP contribution in [0.4, 0.5) is 0 Å². The smallest absolute Gasteiger partial charge is 0.0834 e. The molecule has 2 atom stereocenters. The van der Waals surface area contributed by atoms with Crippen LogP contribution in [0.1, 0.15) is 57.2 Å². The lowest BCUT2D eigenvalue weighted by molar-refractivity contribution is 0.00840. The molecule has 1 aliphatic rings. The van der Waals surface area contributed by atoms with Crippen LogP contribution in [0.15, 0.2) is 6.20 Å². The van der Waals surface area contributed by atoms with E-state index in [0.717, 1.165) is 44.5 Å². The van der Waals surface area contributed by atoms with E-state index in [1.54, 1.807) is 6.20 Å². The van der Waals surface area contributed by atoms with Gasteiger partial charge in [0.05, 0.1) is 29.1 Å². The summed E-state index contributed by atoms with van der Waals surface area (Å²) in [5.74, 6) is 5.72. The lowest BCUT2D eigenvalue weighted by Gasteiger charge is -2.25. The average Bonchev–Trinajstić information content (AvgIpc) is 2.83. The molecule has 2 unspecified atom stereocenters. The second-order valence-corrected chi connectivity index (χ2v) is 5.79. The van der Waals surface area contributed by atoms with Gasteiger partial charge in [0.2, 0.25) is 0 Å². The van der Waals surface area contributed by atoms with Gasteiger partial charge < -0.3 is 4.74 Å². The van der Waals surface area contributed by atoms with Crippen LogP contribution < -0.4 is 11.3 Å². The molecule has 1 saturated heterocycles. The number of aromatic nitrogens is 2. The summed E-state index contributed by atoms with van der Waals surface area (Å²) in [5.41, 5.74) is 3.88. The fraction of sp³-hybridized carbons (Fsp3) is 0.786. The number of hydrogen-bond donors (Lipinski definition) is 2. The standard InChI is InChI=1S/C14H25ClN4O/c1-2-8-19-14(12(15)10-17-19)13(18-16)7-6-11-5-3-4-9-20-11/h10-11,13,18H,2-9,16H2,1H3. The predicted molar refractivity (Wildman–Crippen MR) is 80.4 cm³/mol. The SMILES string of the molecule is CCCn1ncc(Cl)c1C(CCC1CCCCO1)NN. The van der Waals surface area contributed by atoms with Gasteiger partial charge in [0, 0.05) is 13.2 Å². The number of halogens is 1. The highest BCUT2D eigenvalue weighted by molar-refractivity contribution is 6.31. The monoisotopic (exact) mass is 300 g/mol. The Bertz CT molecular complexity index is 404. The van der Waals surface area contributed by atoms with Crippen molar-refractivity contribution in [3.8, 4) is 0 Å². The number of ether oxygens (including phenoxy) is 1. The number of rotatable bonds is 7. The fourth-order valence-electron chi connectivity index (χ4n) is 2.79.